The zero-order chi connectivity index (χ0) is 33.6. The molecule has 11 heteroatoms. The van der Waals surface area contributed by atoms with Gasteiger partial charge in [0.05, 0.1) is 24.0 Å². The highest BCUT2D eigenvalue weighted by Crippen LogP contribution is 2.30. The number of carbonyl (C=O) groups is 1. The molecule has 4 aromatic rings. The molecule has 0 saturated heterocycles. The van der Waals surface area contributed by atoms with Gasteiger partial charge in [-0.2, -0.15) is 0 Å². The second kappa shape index (κ2) is 15.0. The summed E-state index contributed by atoms with van der Waals surface area (Å²) in [7, 11) is -2.00. The Morgan fingerprint density at radius 1 is 1.02 bits per heavy atom. The van der Waals surface area contributed by atoms with Crippen LogP contribution in [-0.2, 0) is 27.8 Å². The number of aliphatic hydroxyl groups excluding tert-OH is 1. The van der Waals surface area contributed by atoms with Crippen molar-refractivity contribution in [2.75, 3.05) is 31.5 Å². The molecule has 5 rings (SSSR count). The maximum absolute atomic E-state index is 13.6. The van der Waals surface area contributed by atoms with Crippen LogP contribution in [0.5, 0.6) is 17.2 Å². The molecule has 1 heterocycles. The Bertz CT molecular complexity index is 1750. The summed E-state index contributed by atoms with van der Waals surface area (Å²) in [5.41, 5.74) is 1.85. The highest BCUT2D eigenvalue weighted by atomic mass is 32.2. The van der Waals surface area contributed by atoms with E-state index in [1.807, 2.05) is 68.6 Å². The summed E-state index contributed by atoms with van der Waals surface area (Å²) in [6.45, 7) is 5.18. The normalized spacial score (nSPS) is 17.6. The van der Waals surface area contributed by atoms with Crippen molar-refractivity contribution in [2.45, 2.75) is 43.9 Å². The third-order valence-corrected chi connectivity index (χ3v) is 9.54. The van der Waals surface area contributed by atoms with Crippen molar-refractivity contribution in [3.63, 3.8) is 0 Å². The van der Waals surface area contributed by atoms with Gasteiger partial charge >= 0.3 is 0 Å². The number of likely N-dealkylation sites (N-methyl/N-ethyl adjacent to an activating group) is 1. The summed E-state index contributed by atoms with van der Waals surface area (Å²) in [6.07, 6.45) is -0.376. The predicted molar refractivity (Wildman–Crippen MR) is 178 cm³/mol. The van der Waals surface area contributed by atoms with Gasteiger partial charge in [0.1, 0.15) is 29.2 Å². The Morgan fingerprint density at radius 2 is 1.70 bits per heavy atom. The molecule has 0 radical (unpaired) electrons. The number of hydrogen-bond donors (Lipinski definition) is 2. The van der Waals surface area contributed by atoms with Crippen LogP contribution in [0.25, 0.3) is 0 Å². The van der Waals surface area contributed by atoms with Crippen molar-refractivity contribution in [2.24, 2.45) is 5.92 Å². The minimum Gasteiger partial charge on any atom is -0.488 e. The number of ether oxygens (including phenoxy) is 2. The molecular weight excluding hydrogens is 621 g/mol. The Kier molecular flexibility index (Phi) is 10.8. The fourth-order valence-corrected chi connectivity index (χ4v) is 6.56. The van der Waals surface area contributed by atoms with Gasteiger partial charge in [-0.1, -0.05) is 37.3 Å². The smallest absolute Gasteiger partial charge is 0.261 e. The molecule has 47 heavy (non-hydrogen) atoms. The second-order valence-electron chi connectivity index (χ2n) is 12.0. The number of amides is 1. The van der Waals surface area contributed by atoms with Crippen molar-refractivity contribution in [1.82, 2.24) is 9.80 Å². The van der Waals surface area contributed by atoms with Crippen molar-refractivity contribution in [3.8, 4) is 17.2 Å². The molecule has 1 aliphatic heterocycles. The third-order valence-electron chi connectivity index (χ3n) is 8.14. The van der Waals surface area contributed by atoms with Crippen LogP contribution in [-0.4, -0.2) is 68.1 Å². The van der Waals surface area contributed by atoms with Crippen LogP contribution < -0.4 is 14.2 Å². The molecule has 0 spiro atoms. The molecule has 1 amide bonds. The summed E-state index contributed by atoms with van der Waals surface area (Å²) in [5.74, 6) is 1.15. The minimum absolute atomic E-state index is 0.0432. The first-order chi connectivity index (χ1) is 22.5. The third kappa shape index (κ3) is 8.88. The van der Waals surface area contributed by atoms with Crippen LogP contribution >= 0.6 is 0 Å². The summed E-state index contributed by atoms with van der Waals surface area (Å²) >= 11 is 0. The van der Waals surface area contributed by atoms with Gasteiger partial charge in [-0.05, 0) is 86.3 Å². The molecule has 0 aliphatic carbocycles. The highest BCUT2D eigenvalue weighted by Gasteiger charge is 2.31. The lowest BCUT2D eigenvalue weighted by molar-refractivity contribution is -0.134. The first-order valence-corrected chi connectivity index (χ1v) is 17.0. The molecule has 9 nitrogen and oxygen atoms in total. The molecule has 0 unspecified atom stereocenters. The predicted octanol–water partition coefficient (Wildman–Crippen LogP) is 5.70. The maximum atomic E-state index is 13.6. The van der Waals surface area contributed by atoms with Crippen LogP contribution in [0.4, 0.5) is 10.1 Å². The number of nitrogens with zero attached hydrogens (tertiary/aromatic N) is 2. The number of para-hydroxylation sites is 1. The average molecular weight is 662 g/mol. The standard InChI is InChI=1S/C36H40FN3O6S/c1-25-21-40(26(2)24-41)36(42)20-28-19-30(38-47(43,44)33-16-11-29(37)12-17-33)13-18-34(28)46-35(25)23-39(3)22-27-9-14-32(15-10-27)45-31-7-5-4-6-8-31/h4-19,25-26,35,38,41H,20-24H2,1-3H3/t25-,26-,35+/m1/s1. The van der Waals surface area contributed by atoms with Gasteiger partial charge in [0.15, 0.2) is 0 Å². The van der Waals surface area contributed by atoms with E-state index in [-0.39, 0.29) is 41.5 Å². The lowest BCUT2D eigenvalue weighted by Crippen LogP contribution is -2.47. The van der Waals surface area contributed by atoms with Crippen LogP contribution in [0.1, 0.15) is 25.0 Å². The van der Waals surface area contributed by atoms with Gasteiger partial charge in [-0.15, -0.1) is 0 Å². The molecule has 4 aromatic carbocycles. The Labute approximate surface area is 275 Å². The van der Waals surface area contributed by atoms with E-state index >= 15 is 0 Å². The largest absolute Gasteiger partial charge is 0.488 e. The topological polar surface area (TPSA) is 108 Å². The number of nitrogens with one attached hydrogen (secondary N) is 1. The molecule has 1 aliphatic rings. The molecule has 0 fully saturated rings. The Morgan fingerprint density at radius 3 is 2.38 bits per heavy atom. The molecule has 248 valence electrons. The van der Waals surface area contributed by atoms with E-state index in [9.17, 15) is 22.7 Å². The van der Waals surface area contributed by atoms with E-state index in [4.69, 9.17) is 9.47 Å². The van der Waals surface area contributed by atoms with Crippen LogP contribution in [0.2, 0.25) is 0 Å². The molecular formula is C36H40FN3O6S. The quantitative estimate of drug-likeness (QED) is 0.212. The zero-order valence-electron chi connectivity index (χ0n) is 26.7. The summed E-state index contributed by atoms with van der Waals surface area (Å²) in [4.78, 5) is 17.3. The van der Waals surface area contributed by atoms with E-state index in [0.717, 1.165) is 29.2 Å². The maximum Gasteiger partial charge on any atom is 0.261 e. The number of rotatable bonds is 11. The van der Waals surface area contributed by atoms with Crippen molar-refractivity contribution < 1.29 is 32.2 Å². The molecule has 0 saturated carbocycles. The van der Waals surface area contributed by atoms with E-state index in [1.165, 1.54) is 12.1 Å². The lowest BCUT2D eigenvalue weighted by atomic mass is 10.0. The number of benzene rings is 4. The first-order valence-electron chi connectivity index (χ1n) is 15.5. The Hall–Kier alpha value is -4.45. The molecule has 0 bridgehead atoms. The van der Waals surface area contributed by atoms with Gasteiger partial charge in [-0.25, -0.2) is 12.8 Å². The first kappa shape index (κ1) is 33.9. The summed E-state index contributed by atoms with van der Waals surface area (Å²) in [5, 5.41) is 9.95. The van der Waals surface area contributed by atoms with E-state index < -0.39 is 21.9 Å². The number of fused-ring (bicyclic) bond motifs is 1. The lowest BCUT2D eigenvalue weighted by Gasteiger charge is -2.34. The molecule has 0 aromatic heterocycles. The molecule has 3 atom stereocenters. The molecule has 2 N–H and O–H groups in total. The van der Waals surface area contributed by atoms with Crippen molar-refractivity contribution in [3.05, 3.63) is 114 Å². The number of anilines is 1. The SMILES string of the molecule is C[C@@H]1CN([C@H](C)CO)C(=O)Cc2cc(NS(=O)(=O)c3ccc(F)cc3)ccc2O[C@H]1CN(C)Cc1ccc(Oc2ccccc2)cc1. The number of sulfonamides is 1. The van der Waals surface area contributed by atoms with E-state index in [0.29, 0.717) is 30.9 Å². The zero-order valence-corrected chi connectivity index (χ0v) is 27.5. The summed E-state index contributed by atoms with van der Waals surface area (Å²) in [6, 6.07) is 26.5. The average Bonchev–Trinajstić information content (AvgIpc) is 3.09. The monoisotopic (exact) mass is 661 g/mol. The Balaban J connectivity index is 1.34. The van der Waals surface area contributed by atoms with Crippen molar-refractivity contribution in [1.29, 1.82) is 0 Å². The highest BCUT2D eigenvalue weighted by molar-refractivity contribution is 7.92. The number of carbonyl (C=O) groups excluding carboxylic acids is 1. The van der Waals surface area contributed by atoms with E-state index in [1.54, 1.807) is 30.0 Å². The van der Waals surface area contributed by atoms with Gasteiger partial charge in [0.25, 0.3) is 10.0 Å². The second-order valence-corrected chi connectivity index (χ2v) is 13.7. The van der Waals surface area contributed by atoms with Crippen LogP contribution in [0.3, 0.4) is 0 Å². The van der Waals surface area contributed by atoms with Gasteiger partial charge in [0, 0.05) is 36.8 Å². The van der Waals surface area contributed by atoms with E-state index in [2.05, 4.69) is 9.62 Å². The fourth-order valence-electron chi connectivity index (χ4n) is 5.51. The van der Waals surface area contributed by atoms with Crippen LogP contribution in [0.15, 0.2) is 102 Å². The van der Waals surface area contributed by atoms with Crippen LogP contribution in [0, 0.1) is 11.7 Å². The summed E-state index contributed by atoms with van der Waals surface area (Å²) < 4.78 is 54.4. The number of halogens is 1. The van der Waals surface area contributed by atoms with Gasteiger partial charge in [-0.3, -0.25) is 14.4 Å². The van der Waals surface area contributed by atoms with Crippen molar-refractivity contribution >= 4 is 21.6 Å². The van der Waals surface area contributed by atoms with Gasteiger partial charge < -0.3 is 19.5 Å². The fraction of sp³-hybridized carbons (Fsp3) is 0.306. The van der Waals surface area contributed by atoms with Gasteiger partial charge in [0.2, 0.25) is 5.91 Å². The minimum atomic E-state index is -4.01. The number of aliphatic hydroxyl groups is 1. The number of hydrogen-bond acceptors (Lipinski definition) is 7.